The molecule has 176 valence electrons. The molecule has 1 aromatic heterocycles. The third-order valence-corrected chi connectivity index (χ3v) is 6.61. The summed E-state index contributed by atoms with van der Waals surface area (Å²) in [4.78, 5) is 39.8. The molecule has 34 heavy (non-hydrogen) atoms. The molecular formula is C25H25N3O5S. The van der Waals surface area contributed by atoms with Gasteiger partial charge in [0.2, 0.25) is 0 Å². The summed E-state index contributed by atoms with van der Waals surface area (Å²) in [5.74, 6) is -1.43. The Balaban J connectivity index is 1.30. The van der Waals surface area contributed by atoms with Crippen LogP contribution in [0.5, 0.6) is 0 Å². The van der Waals surface area contributed by atoms with E-state index in [0.717, 1.165) is 22.3 Å². The van der Waals surface area contributed by atoms with Gasteiger partial charge < -0.3 is 20.5 Å². The maximum Gasteiger partial charge on any atom is 0.407 e. The number of ether oxygens (including phenoxy) is 1. The normalized spacial score (nSPS) is 13.0. The summed E-state index contributed by atoms with van der Waals surface area (Å²) in [6.45, 7) is 2.15. The van der Waals surface area contributed by atoms with Gasteiger partial charge in [-0.05, 0) is 28.7 Å². The number of rotatable bonds is 9. The van der Waals surface area contributed by atoms with Crippen molar-refractivity contribution in [1.29, 1.82) is 0 Å². The Morgan fingerprint density at radius 2 is 1.74 bits per heavy atom. The molecule has 1 aliphatic rings. The van der Waals surface area contributed by atoms with Crippen molar-refractivity contribution >= 4 is 29.3 Å². The van der Waals surface area contributed by atoms with Crippen LogP contribution < -0.4 is 10.6 Å². The molecular weight excluding hydrogens is 454 g/mol. The Hall–Kier alpha value is -3.72. The standard InChI is InChI=1S/C25H25N3O5S/c1-2-15(11-23(29)30)27-24(31)21-14-34-22(28-21)12-26-25(32)33-13-20-18-9-5-3-7-16(18)17-8-4-6-10-19(17)20/h3-10,14-15,20H,2,11-13H2,1H3,(H,26,32)(H,27,31)(H,29,30)/t15-/m1/s1. The number of hydrogen-bond donors (Lipinski definition) is 3. The van der Waals surface area contributed by atoms with Crippen molar-refractivity contribution in [3.63, 3.8) is 0 Å². The van der Waals surface area contributed by atoms with Gasteiger partial charge in [-0.2, -0.15) is 0 Å². The SMILES string of the molecule is CC[C@H](CC(=O)O)NC(=O)c1csc(CNC(=O)OCC2c3ccccc3-c3ccccc32)n1. The largest absolute Gasteiger partial charge is 0.481 e. The van der Waals surface area contributed by atoms with Gasteiger partial charge in [-0.15, -0.1) is 11.3 Å². The van der Waals surface area contributed by atoms with Crippen molar-refractivity contribution < 1.29 is 24.2 Å². The van der Waals surface area contributed by atoms with E-state index in [9.17, 15) is 14.4 Å². The highest BCUT2D eigenvalue weighted by atomic mass is 32.1. The molecule has 1 heterocycles. The van der Waals surface area contributed by atoms with E-state index in [1.807, 2.05) is 24.3 Å². The first-order valence-corrected chi connectivity index (χ1v) is 11.9. The molecule has 0 aliphatic heterocycles. The van der Waals surface area contributed by atoms with Gasteiger partial charge in [0.25, 0.3) is 5.91 Å². The van der Waals surface area contributed by atoms with Crippen LogP contribution >= 0.6 is 11.3 Å². The second-order valence-corrected chi connectivity index (χ2v) is 8.92. The van der Waals surface area contributed by atoms with Crippen molar-refractivity contribution in [2.45, 2.75) is 38.3 Å². The maximum atomic E-state index is 12.3. The van der Waals surface area contributed by atoms with Crippen molar-refractivity contribution in [2.75, 3.05) is 6.61 Å². The minimum absolute atomic E-state index is 0.0226. The number of carboxylic acid groups (broad SMARTS) is 1. The Bertz CT molecular complexity index is 1160. The Morgan fingerprint density at radius 1 is 1.09 bits per heavy atom. The number of nitrogens with one attached hydrogen (secondary N) is 2. The fraction of sp³-hybridized carbons (Fsp3) is 0.280. The van der Waals surface area contributed by atoms with E-state index in [-0.39, 0.29) is 31.2 Å². The number of carbonyl (C=O) groups is 3. The van der Waals surface area contributed by atoms with Crippen LogP contribution in [0.2, 0.25) is 0 Å². The molecule has 1 atom stereocenters. The zero-order chi connectivity index (χ0) is 24.1. The second-order valence-electron chi connectivity index (χ2n) is 7.98. The Labute approximate surface area is 201 Å². The van der Waals surface area contributed by atoms with Crippen LogP contribution in [-0.2, 0) is 16.1 Å². The van der Waals surface area contributed by atoms with Crippen LogP contribution in [0.4, 0.5) is 4.79 Å². The molecule has 3 aromatic rings. The minimum atomic E-state index is -0.974. The summed E-state index contributed by atoms with van der Waals surface area (Å²) in [5.41, 5.74) is 4.79. The number of thiazole rings is 1. The van der Waals surface area contributed by atoms with Crippen molar-refractivity contribution in [1.82, 2.24) is 15.6 Å². The maximum absolute atomic E-state index is 12.3. The molecule has 0 unspecified atom stereocenters. The first-order chi connectivity index (χ1) is 16.5. The van der Waals surface area contributed by atoms with E-state index in [0.29, 0.717) is 11.4 Å². The number of benzene rings is 2. The van der Waals surface area contributed by atoms with Gasteiger partial charge in [0.15, 0.2) is 0 Å². The molecule has 9 heteroatoms. The fourth-order valence-electron chi connectivity index (χ4n) is 4.06. The Kier molecular flexibility index (Phi) is 7.22. The lowest BCUT2D eigenvalue weighted by atomic mass is 9.98. The summed E-state index contributed by atoms with van der Waals surface area (Å²) in [5, 5.41) is 16.4. The Morgan fingerprint density at radius 3 is 2.35 bits per heavy atom. The molecule has 0 spiro atoms. The van der Waals surface area contributed by atoms with E-state index in [1.54, 1.807) is 12.3 Å². The van der Waals surface area contributed by atoms with Crippen LogP contribution in [0.25, 0.3) is 11.1 Å². The number of alkyl carbamates (subject to hydrolysis) is 1. The number of aromatic nitrogens is 1. The molecule has 8 nitrogen and oxygen atoms in total. The fourth-order valence-corrected chi connectivity index (χ4v) is 4.78. The zero-order valence-electron chi connectivity index (χ0n) is 18.6. The topological polar surface area (TPSA) is 118 Å². The average Bonchev–Trinajstić information content (AvgIpc) is 3.44. The van der Waals surface area contributed by atoms with E-state index in [1.165, 1.54) is 11.3 Å². The first kappa shape index (κ1) is 23.4. The van der Waals surface area contributed by atoms with Crippen LogP contribution in [0.15, 0.2) is 53.9 Å². The molecule has 2 amide bonds. The van der Waals surface area contributed by atoms with Crippen molar-refractivity contribution in [3.8, 4) is 11.1 Å². The number of amides is 2. The lowest BCUT2D eigenvalue weighted by Crippen LogP contribution is -2.36. The molecule has 3 N–H and O–H groups in total. The smallest absolute Gasteiger partial charge is 0.407 e. The number of carboxylic acids is 1. The van der Waals surface area contributed by atoms with Gasteiger partial charge in [0.05, 0.1) is 13.0 Å². The van der Waals surface area contributed by atoms with Crippen molar-refractivity contribution in [3.05, 3.63) is 75.7 Å². The van der Waals surface area contributed by atoms with Gasteiger partial charge in [-0.1, -0.05) is 55.5 Å². The second kappa shape index (κ2) is 10.5. The number of hydrogen-bond acceptors (Lipinski definition) is 6. The number of fused-ring (bicyclic) bond motifs is 3. The predicted molar refractivity (Wildman–Crippen MR) is 128 cm³/mol. The molecule has 0 saturated carbocycles. The zero-order valence-corrected chi connectivity index (χ0v) is 19.4. The third kappa shape index (κ3) is 5.26. The quantitative estimate of drug-likeness (QED) is 0.424. The summed E-state index contributed by atoms with van der Waals surface area (Å²) in [7, 11) is 0. The lowest BCUT2D eigenvalue weighted by Gasteiger charge is -2.14. The molecule has 1 aliphatic carbocycles. The van der Waals surface area contributed by atoms with E-state index in [2.05, 4.69) is 39.9 Å². The molecule has 2 aromatic carbocycles. The molecule has 0 radical (unpaired) electrons. The number of nitrogens with zero attached hydrogens (tertiary/aromatic N) is 1. The first-order valence-electron chi connectivity index (χ1n) is 11.0. The molecule has 0 fully saturated rings. The summed E-state index contributed by atoms with van der Waals surface area (Å²) in [6, 6.07) is 15.8. The van der Waals surface area contributed by atoms with Crippen LogP contribution in [0.3, 0.4) is 0 Å². The average molecular weight is 480 g/mol. The van der Waals surface area contributed by atoms with Gasteiger partial charge >= 0.3 is 12.1 Å². The van der Waals surface area contributed by atoms with Gasteiger partial charge in [-0.25, -0.2) is 9.78 Å². The molecule has 0 bridgehead atoms. The van der Waals surface area contributed by atoms with Crippen LogP contribution in [-0.4, -0.2) is 40.7 Å². The lowest BCUT2D eigenvalue weighted by molar-refractivity contribution is -0.137. The molecule has 0 saturated heterocycles. The summed E-state index contributed by atoms with van der Waals surface area (Å²) >= 11 is 1.23. The monoisotopic (exact) mass is 479 g/mol. The minimum Gasteiger partial charge on any atom is -0.481 e. The van der Waals surface area contributed by atoms with Gasteiger partial charge in [0, 0.05) is 17.3 Å². The van der Waals surface area contributed by atoms with E-state index >= 15 is 0 Å². The van der Waals surface area contributed by atoms with Crippen LogP contribution in [0, 0.1) is 0 Å². The van der Waals surface area contributed by atoms with Gasteiger partial charge in [0.1, 0.15) is 17.3 Å². The highest BCUT2D eigenvalue weighted by molar-refractivity contribution is 7.09. The van der Waals surface area contributed by atoms with E-state index in [4.69, 9.17) is 9.84 Å². The molecule has 4 rings (SSSR count). The van der Waals surface area contributed by atoms with E-state index < -0.39 is 24.0 Å². The highest BCUT2D eigenvalue weighted by Gasteiger charge is 2.29. The number of carbonyl (C=O) groups excluding carboxylic acids is 2. The van der Waals surface area contributed by atoms with Gasteiger partial charge in [-0.3, -0.25) is 9.59 Å². The third-order valence-electron chi connectivity index (χ3n) is 5.76. The summed E-state index contributed by atoms with van der Waals surface area (Å²) in [6.07, 6.45) is -0.211. The summed E-state index contributed by atoms with van der Waals surface area (Å²) < 4.78 is 5.51. The van der Waals surface area contributed by atoms with Crippen LogP contribution in [0.1, 0.15) is 52.3 Å². The van der Waals surface area contributed by atoms with Crippen molar-refractivity contribution in [2.24, 2.45) is 0 Å². The predicted octanol–water partition coefficient (Wildman–Crippen LogP) is 4.16. The highest BCUT2D eigenvalue weighted by Crippen LogP contribution is 2.44. The number of aliphatic carboxylic acids is 1.